The summed E-state index contributed by atoms with van der Waals surface area (Å²) in [5.74, 6) is 10.4. The number of rotatable bonds is 1. The number of fused-ring (bicyclic) bond motifs is 5. The van der Waals surface area contributed by atoms with Gasteiger partial charge in [-0.3, -0.25) is 4.79 Å². The highest BCUT2D eigenvalue weighted by molar-refractivity contribution is 5.79. The second kappa shape index (κ2) is 7.77. The number of carbonyl (C=O) groups excluding carboxylic acids is 1. The molecule has 1 aromatic rings. The van der Waals surface area contributed by atoms with Gasteiger partial charge in [0.25, 0.3) is 0 Å². The Morgan fingerprint density at radius 3 is 2.48 bits per heavy atom. The molecule has 0 bridgehead atoms. The van der Waals surface area contributed by atoms with Crippen molar-refractivity contribution >= 4 is 5.78 Å². The molecule has 0 unspecified atom stereocenters. The van der Waals surface area contributed by atoms with E-state index in [0.717, 1.165) is 36.7 Å². The van der Waals surface area contributed by atoms with Crippen LogP contribution in [-0.2, 0) is 4.79 Å². The number of ketones is 1. The van der Waals surface area contributed by atoms with E-state index in [1.807, 2.05) is 25.1 Å². The third-order valence-corrected chi connectivity index (χ3v) is 10.4. The van der Waals surface area contributed by atoms with Crippen molar-refractivity contribution in [1.82, 2.24) is 0 Å². The van der Waals surface area contributed by atoms with Crippen LogP contribution in [0.4, 0.5) is 0 Å². The number of hydrogen-bond donors (Lipinski definition) is 1. The van der Waals surface area contributed by atoms with Gasteiger partial charge in [0.15, 0.2) is 0 Å². The van der Waals surface area contributed by atoms with E-state index >= 15 is 0 Å². The van der Waals surface area contributed by atoms with E-state index < -0.39 is 0 Å². The summed E-state index contributed by atoms with van der Waals surface area (Å²) in [6, 6.07) is 10.2. The third kappa shape index (κ3) is 3.39. The first kappa shape index (κ1) is 21.3. The summed E-state index contributed by atoms with van der Waals surface area (Å²) < 4.78 is 0. The molecule has 0 saturated heterocycles. The van der Waals surface area contributed by atoms with E-state index in [4.69, 9.17) is 0 Å². The third-order valence-electron chi connectivity index (χ3n) is 10.4. The largest absolute Gasteiger partial charge is 0.392 e. The Morgan fingerprint density at radius 1 is 1.00 bits per heavy atom. The Bertz CT molecular complexity index is 894. The van der Waals surface area contributed by atoms with Crippen molar-refractivity contribution < 1.29 is 9.90 Å². The van der Waals surface area contributed by atoms with Crippen LogP contribution >= 0.6 is 0 Å². The summed E-state index contributed by atoms with van der Waals surface area (Å²) in [4.78, 5) is 12.4. The van der Waals surface area contributed by atoms with Gasteiger partial charge in [-0.1, -0.05) is 43.9 Å². The van der Waals surface area contributed by atoms with Crippen LogP contribution in [0.15, 0.2) is 30.3 Å². The van der Waals surface area contributed by atoms with Crippen molar-refractivity contribution in [1.29, 1.82) is 0 Å². The highest BCUT2D eigenvalue weighted by atomic mass is 16.3. The van der Waals surface area contributed by atoms with Gasteiger partial charge in [0, 0.05) is 17.4 Å². The first-order valence-corrected chi connectivity index (χ1v) is 12.6. The number of benzene rings is 1. The normalized spacial score (nSPS) is 46.1. The van der Waals surface area contributed by atoms with Crippen molar-refractivity contribution in [2.75, 3.05) is 0 Å². The zero-order chi connectivity index (χ0) is 21.8. The molecule has 1 aromatic carbocycles. The van der Waals surface area contributed by atoms with Gasteiger partial charge in [-0.15, -0.1) is 0 Å². The second-order valence-electron chi connectivity index (χ2n) is 11.7. The van der Waals surface area contributed by atoms with Crippen LogP contribution in [0.25, 0.3) is 0 Å². The van der Waals surface area contributed by atoms with E-state index in [1.165, 1.54) is 32.1 Å². The van der Waals surface area contributed by atoms with Crippen LogP contribution in [0.3, 0.4) is 0 Å². The maximum atomic E-state index is 12.4. The lowest BCUT2D eigenvalue weighted by Crippen LogP contribution is -2.55. The molecule has 5 rings (SSSR count). The standard InChI is InChI=1S/C29H38O2/c1-19(30)24-13-14-25-23-12-11-22-17-27(31)21(10-9-20-7-5-4-6-8-20)18-29(22,3)26(23)15-16-28(24,25)2/h4-8,21-27,31H,11-18H2,1-3H3/t21-,22-,23-,24+,25-,26-,27-,28+,29-/m0/s1. The molecule has 0 heterocycles. The molecule has 9 atom stereocenters. The number of aliphatic hydroxyl groups excluding tert-OH is 1. The zero-order valence-corrected chi connectivity index (χ0v) is 19.4. The molecule has 166 valence electrons. The predicted molar refractivity (Wildman–Crippen MR) is 124 cm³/mol. The summed E-state index contributed by atoms with van der Waals surface area (Å²) in [7, 11) is 0. The van der Waals surface area contributed by atoms with E-state index in [9.17, 15) is 9.90 Å². The lowest BCUT2D eigenvalue weighted by molar-refractivity contribution is -0.143. The van der Waals surface area contributed by atoms with Gasteiger partial charge in [0.1, 0.15) is 5.78 Å². The molecule has 1 N–H and O–H groups in total. The van der Waals surface area contributed by atoms with Crippen LogP contribution in [0, 0.1) is 58.2 Å². The van der Waals surface area contributed by atoms with Crippen molar-refractivity contribution in [3.63, 3.8) is 0 Å². The average molecular weight is 419 g/mol. The fourth-order valence-corrected chi connectivity index (χ4v) is 8.82. The van der Waals surface area contributed by atoms with Crippen LogP contribution in [0.1, 0.15) is 77.7 Å². The maximum absolute atomic E-state index is 12.4. The molecule has 0 aliphatic heterocycles. The lowest BCUT2D eigenvalue weighted by Gasteiger charge is -2.61. The molecule has 0 amide bonds. The van der Waals surface area contributed by atoms with E-state index in [2.05, 4.69) is 37.8 Å². The Hall–Kier alpha value is -1.59. The second-order valence-corrected chi connectivity index (χ2v) is 11.7. The minimum absolute atomic E-state index is 0.0714. The van der Waals surface area contributed by atoms with Gasteiger partial charge < -0.3 is 5.11 Å². The fraction of sp³-hybridized carbons (Fsp3) is 0.690. The minimum Gasteiger partial charge on any atom is -0.392 e. The lowest BCUT2D eigenvalue weighted by atomic mass is 9.44. The maximum Gasteiger partial charge on any atom is 0.133 e. The van der Waals surface area contributed by atoms with E-state index in [0.29, 0.717) is 17.6 Å². The van der Waals surface area contributed by atoms with E-state index in [1.54, 1.807) is 0 Å². The van der Waals surface area contributed by atoms with Crippen molar-refractivity contribution in [2.45, 2.75) is 78.2 Å². The minimum atomic E-state index is -0.298. The Morgan fingerprint density at radius 2 is 1.74 bits per heavy atom. The summed E-state index contributed by atoms with van der Waals surface area (Å²) in [6.07, 6.45) is 8.97. The smallest absolute Gasteiger partial charge is 0.133 e. The van der Waals surface area contributed by atoms with Crippen molar-refractivity contribution in [3.05, 3.63) is 35.9 Å². The average Bonchev–Trinajstić information content (AvgIpc) is 3.11. The molecule has 2 nitrogen and oxygen atoms in total. The fourth-order valence-electron chi connectivity index (χ4n) is 8.82. The van der Waals surface area contributed by atoms with Gasteiger partial charge in [-0.25, -0.2) is 0 Å². The number of aliphatic hydroxyl groups is 1. The number of hydrogen-bond acceptors (Lipinski definition) is 2. The molecule has 4 aliphatic rings. The molecule has 4 saturated carbocycles. The van der Waals surface area contributed by atoms with Gasteiger partial charge in [0.2, 0.25) is 0 Å². The van der Waals surface area contributed by atoms with Gasteiger partial charge in [-0.05, 0) is 105 Å². The molecule has 2 heteroatoms. The monoisotopic (exact) mass is 418 g/mol. The highest BCUT2D eigenvalue weighted by Crippen LogP contribution is 2.67. The molecule has 4 aliphatic carbocycles. The van der Waals surface area contributed by atoms with Crippen LogP contribution in [-0.4, -0.2) is 17.0 Å². The first-order valence-electron chi connectivity index (χ1n) is 12.6. The number of Topliss-reactive ketones (excluding diaryl/α,β-unsaturated/α-hetero) is 1. The van der Waals surface area contributed by atoms with Crippen LogP contribution in [0.5, 0.6) is 0 Å². The number of carbonyl (C=O) groups is 1. The highest BCUT2D eigenvalue weighted by Gasteiger charge is 2.61. The molecule has 4 fully saturated rings. The van der Waals surface area contributed by atoms with Crippen LogP contribution < -0.4 is 0 Å². The molecule has 0 radical (unpaired) electrons. The first-order chi connectivity index (χ1) is 14.8. The molecular weight excluding hydrogens is 380 g/mol. The molecular formula is C29H38O2. The van der Waals surface area contributed by atoms with Gasteiger partial charge >= 0.3 is 0 Å². The Kier molecular flexibility index (Phi) is 5.33. The molecule has 0 aromatic heterocycles. The van der Waals surface area contributed by atoms with Crippen molar-refractivity contribution in [2.24, 2.45) is 46.3 Å². The van der Waals surface area contributed by atoms with Crippen molar-refractivity contribution in [3.8, 4) is 11.8 Å². The van der Waals surface area contributed by atoms with E-state index in [-0.39, 0.29) is 28.8 Å². The predicted octanol–water partition coefficient (Wildman–Crippen LogP) is 5.87. The summed E-state index contributed by atoms with van der Waals surface area (Å²) in [5.41, 5.74) is 1.53. The topological polar surface area (TPSA) is 37.3 Å². The summed E-state index contributed by atoms with van der Waals surface area (Å²) in [5, 5.41) is 10.9. The Balaban J connectivity index is 1.40. The molecule has 0 spiro atoms. The summed E-state index contributed by atoms with van der Waals surface area (Å²) >= 11 is 0. The zero-order valence-electron chi connectivity index (χ0n) is 19.4. The molecule has 31 heavy (non-hydrogen) atoms. The Labute approximate surface area is 188 Å². The quantitative estimate of drug-likeness (QED) is 0.579. The summed E-state index contributed by atoms with van der Waals surface area (Å²) in [6.45, 7) is 6.78. The SMILES string of the molecule is CC(=O)[C@H]1CC[C@H]2[C@@H]3CC[C@H]4C[C@H](O)[C@@H](C#Cc5ccccc5)C[C@]4(C)[C@H]3CC[C@]12C. The van der Waals surface area contributed by atoms with Crippen LogP contribution in [0.2, 0.25) is 0 Å². The van der Waals surface area contributed by atoms with Gasteiger partial charge in [-0.2, -0.15) is 0 Å². The van der Waals surface area contributed by atoms with Gasteiger partial charge in [0.05, 0.1) is 6.10 Å².